The lowest BCUT2D eigenvalue weighted by Gasteiger charge is -2.16. The van der Waals surface area contributed by atoms with Crippen LogP contribution in [0.3, 0.4) is 0 Å². The SMILES string of the molecule is CCc1c(-c2cc3c(ccc4ccc(OC)cc43)oc2=O)nc2c(c(C)nn2-c2ccccc2)c1-c1ccccc1. The van der Waals surface area contributed by atoms with Gasteiger partial charge in [0.15, 0.2) is 5.65 Å². The van der Waals surface area contributed by atoms with E-state index in [-0.39, 0.29) is 0 Å². The molecule has 3 aromatic heterocycles. The molecule has 0 aliphatic heterocycles. The van der Waals surface area contributed by atoms with Crippen molar-refractivity contribution in [1.82, 2.24) is 14.8 Å². The first-order chi connectivity index (χ1) is 20.1. The van der Waals surface area contributed by atoms with Crippen molar-refractivity contribution in [3.8, 4) is 33.8 Å². The van der Waals surface area contributed by atoms with E-state index in [4.69, 9.17) is 19.2 Å². The lowest BCUT2D eigenvalue weighted by molar-refractivity contribution is 0.415. The minimum Gasteiger partial charge on any atom is -0.497 e. The molecule has 0 aliphatic rings. The third-order valence-corrected chi connectivity index (χ3v) is 7.70. The molecule has 41 heavy (non-hydrogen) atoms. The predicted octanol–water partition coefficient (Wildman–Crippen LogP) is 7.89. The van der Waals surface area contributed by atoms with E-state index in [0.717, 1.165) is 55.4 Å². The van der Waals surface area contributed by atoms with E-state index >= 15 is 0 Å². The van der Waals surface area contributed by atoms with E-state index in [1.54, 1.807) is 7.11 Å². The van der Waals surface area contributed by atoms with Crippen molar-refractivity contribution in [3.05, 3.63) is 119 Å². The summed E-state index contributed by atoms with van der Waals surface area (Å²) in [6.45, 7) is 4.11. The first-order valence-electron chi connectivity index (χ1n) is 13.7. The number of hydrogen-bond acceptors (Lipinski definition) is 5. The lowest BCUT2D eigenvalue weighted by Crippen LogP contribution is -2.09. The van der Waals surface area contributed by atoms with Crippen molar-refractivity contribution in [1.29, 1.82) is 0 Å². The van der Waals surface area contributed by atoms with Crippen LogP contribution >= 0.6 is 0 Å². The Labute approximate surface area is 236 Å². The molecule has 0 aliphatic carbocycles. The Morgan fingerprint density at radius 2 is 1.61 bits per heavy atom. The largest absolute Gasteiger partial charge is 0.497 e. The number of pyridine rings is 1. The van der Waals surface area contributed by atoms with E-state index in [0.29, 0.717) is 28.9 Å². The maximum absolute atomic E-state index is 13.7. The minimum atomic E-state index is -0.428. The number of para-hydroxylation sites is 1. The third kappa shape index (κ3) is 3.99. The summed E-state index contributed by atoms with van der Waals surface area (Å²) in [4.78, 5) is 18.8. The summed E-state index contributed by atoms with van der Waals surface area (Å²) in [5, 5.41) is 8.70. The maximum atomic E-state index is 13.7. The Morgan fingerprint density at radius 3 is 2.34 bits per heavy atom. The number of methoxy groups -OCH3 is 1. The van der Waals surface area contributed by atoms with Crippen molar-refractivity contribution < 1.29 is 9.15 Å². The fraction of sp³-hybridized carbons (Fsp3) is 0.114. The van der Waals surface area contributed by atoms with Crippen LogP contribution in [-0.2, 0) is 6.42 Å². The van der Waals surface area contributed by atoms with Gasteiger partial charge in [-0.15, -0.1) is 0 Å². The number of hydrogen-bond donors (Lipinski definition) is 0. The van der Waals surface area contributed by atoms with Gasteiger partial charge in [-0.3, -0.25) is 0 Å². The first-order valence-corrected chi connectivity index (χ1v) is 13.7. The highest BCUT2D eigenvalue weighted by Gasteiger charge is 2.24. The predicted molar refractivity (Wildman–Crippen MR) is 164 cm³/mol. The molecule has 0 radical (unpaired) electrons. The molecule has 0 N–H and O–H groups in total. The summed E-state index contributed by atoms with van der Waals surface area (Å²) in [6, 6.07) is 31.8. The van der Waals surface area contributed by atoms with Crippen molar-refractivity contribution >= 4 is 32.8 Å². The van der Waals surface area contributed by atoms with E-state index in [2.05, 4.69) is 19.1 Å². The Hall–Kier alpha value is -5.23. The quantitative estimate of drug-likeness (QED) is 0.165. The van der Waals surface area contributed by atoms with Gasteiger partial charge in [0, 0.05) is 5.39 Å². The van der Waals surface area contributed by atoms with Gasteiger partial charge in [0.1, 0.15) is 11.3 Å². The molecule has 0 saturated heterocycles. The molecule has 7 rings (SSSR count). The van der Waals surface area contributed by atoms with Crippen LogP contribution in [0.1, 0.15) is 18.2 Å². The summed E-state index contributed by atoms with van der Waals surface area (Å²) in [5.74, 6) is 0.736. The van der Waals surface area contributed by atoms with Gasteiger partial charge in [-0.05, 0) is 77.2 Å². The highest BCUT2D eigenvalue weighted by molar-refractivity contribution is 6.07. The first kappa shape index (κ1) is 24.8. The zero-order valence-electron chi connectivity index (χ0n) is 23.0. The Balaban J connectivity index is 1.62. The highest BCUT2D eigenvalue weighted by Crippen LogP contribution is 2.40. The molecule has 200 valence electrons. The summed E-state index contributed by atoms with van der Waals surface area (Å²) >= 11 is 0. The summed E-state index contributed by atoms with van der Waals surface area (Å²) in [5.41, 5.74) is 6.64. The minimum absolute atomic E-state index is 0.419. The molecular formula is C35H27N3O3. The number of rotatable bonds is 5. The summed E-state index contributed by atoms with van der Waals surface area (Å²) in [6.07, 6.45) is 0.666. The second-order valence-corrected chi connectivity index (χ2v) is 10.1. The van der Waals surface area contributed by atoms with Crippen LogP contribution in [0.2, 0.25) is 0 Å². The number of aryl methyl sites for hydroxylation is 1. The average molecular weight is 538 g/mol. The van der Waals surface area contributed by atoms with Crippen LogP contribution in [0, 0.1) is 6.92 Å². The molecule has 0 saturated carbocycles. The summed E-state index contributed by atoms with van der Waals surface area (Å²) < 4.78 is 13.3. The Kier molecular flexibility index (Phi) is 5.89. The van der Waals surface area contributed by atoms with Gasteiger partial charge in [-0.2, -0.15) is 5.10 Å². The smallest absolute Gasteiger partial charge is 0.345 e. The van der Waals surface area contributed by atoms with Gasteiger partial charge < -0.3 is 9.15 Å². The molecule has 6 heteroatoms. The van der Waals surface area contributed by atoms with Crippen LogP contribution in [0.25, 0.3) is 60.8 Å². The van der Waals surface area contributed by atoms with Gasteiger partial charge in [-0.1, -0.05) is 67.6 Å². The number of ether oxygens (including phenoxy) is 1. The molecule has 7 aromatic rings. The van der Waals surface area contributed by atoms with Gasteiger partial charge in [-0.25, -0.2) is 14.5 Å². The van der Waals surface area contributed by atoms with Crippen molar-refractivity contribution in [3.63, 3.8) is 0 Å². The van der Waals surface area contributed by atoms with E-state index < -0.39 is 5.63 Å². The van der Waals surface area contributed by atoms with Gasteiger partial charge in [0.2, 0.25) is 0 Å². The third-order valence-electron chi connectivity index (χ3n) is 7.70. The molecule has 0 bridgehead atoms. The number of aromatic nitrogens is 3. The highest BCUT2D eigenvalue weighted by atomic mass is 16.5. The molecule has 3 heterocycles. The molecule has 0 atom stereocenters. The van der Waals surface area contributed by atoms with Gasteiger partial charge in [0.25, 0.3) is 0 Å². The fourth-order valence-corrected chi connectivity index (χ4v) is 5.78. The van der Waals surface area contributed by atoms with E-state index in [9.17, 15) is 4.79 Å². The zero-order chi connectivity index (χ0) is 28.1. The van der Waals surface area contributed by atoms with Crippen LogP contribution in [0.5, 0.6) is 5.75 Å². The molecule has 4 aromatic carbocycles. The molecule has 0 amide bonds. The monoisotopic (exact) mass is 537 g/mol. The molecule has 0 unspecified atom stereocenters. The van der Waals surface area contributed by atoms with E-state index in [1.165, 1.54) is 0 Å². The lowest BCUT2D eigenvalue weighted by atomic mass is 9.91. The molecular weight excluding hydrogens is 510 g/mol. The van der Waals surface area contributed by atoms with Crippen molar-refractivity contribution in [2.45, 2.75) is 20.3 Å². The van der Waals surface area contributed by atoms with Crippen LogP contribution in [-0.4, -0.2) is 21.9 Å². The molecule has 0 spiro atoms. The Bertz CT molecular complexity index is 2150. The van der Waals surface area contributed by atoms with E-state index in [1.807, 2.05) is 96.5 Å². The summed E-state index contributed by atoms with van der Waals surface area (Å²) in [7, 11) is 1.65. The molecule has 0 fully saturated rings. The fourth-order valence-electron chi connectivity index (χ4n) is 5.78. The topological polar surface area (TPSA) is 70.2 Å². The number of nitrogens with zero attached hydrogens (tertiary/aromatic N) is 3. The number of benzene rings is 4. The van der Waals surface area contributed by atoms with Gasteiger partial charge in [0.05, 0.1) is 35.1 Å². The molecule has 6 nitrogen and oxygen atoms in total. The van der Waals surface area contributed by atoms with Crippen LogP contribution < -0.4 is 10.4 Å². The second-order valence-electron chi connectivity index (χ2n) is 10.1. The Morgan fingerprint density at radius 1 is 0.878 bits per heavy atom. The van der Waals surface area contributed by atoms with Crippen LogP contribution in [0.15, 0.2) is 106 Å². The number of fused-ring (bicyclic) bond motifs is 4. The van der Waals surface area contributed by atoms with Crippen LogP contribution in [0.4, 0.5) is 0 Å². The second kappa shape index (κ2) is 9.75. The normalized spacial score (nSPS) is 11.5. The average Bonchev–Trinajstić information content (AvgIpc) is 3.35. The maximum Gasteiger partial charge on any atom is 0.345 e. The zero-order valence-corrected chi connectivity index (χ0v) is 23.0. The standard InChI is InChI=1S/C35H27N3O3/c1-4-26-32(23-11-7-5-8-12-23)31-21(2)37-38(24-13-9-6-10-14-24)34(31)36-33(26)29-20-28-27-19-25(40-3)17-15-22(27)16-18-30(28)41-35(29)39/h5-20H,4H2,1-3H3. The van der Waals surface area contributed by atoms with Crippen molar-refractivity contribution in [2.24, 2.45) is 0 Å². The van der Waals surface area contributed by atoms with Crippen molar-refractivity contribution in [2.75, 3.05) is 7.11 Å². The van der Waals surface area contributed by atoms with Gasteiger partial charge >= 0.3 is 5.63 Å².